The van der Waals surface area contributed by atoms with Gasteiger partial charge < -0.3 is 11.1 Å². The molecule has 2 aromatic rings. The molecule has 25 heavy (non-hydrogen) atoms. The highest BCUT2D eigenvalue weighted by molar-refractivity contribution is 7.17. The molecule has 0 fully saturated rings. The van der Waals surface area contributed by atoms with Gasteiger partial charge in [-0.05, 0) is 43.2 Å². The van der Waals surface area contributed by atoms with Gasteiger partial charge >= 0.3 is 0 Å². The van der Waals surface area contributed by atoms with E-state index in [2.05, 4.69) is 12.2 Å². The first-order valence-electron chi connectivity index (χ1n) is 8.92. The molecule has 0 aliphatic heterocycles. The van der Waals surface area contributed by atoms with Crippen molar-refractivity contribution in [1.82, 2.24) is 0 Å². The van der Waals surface area contributed by atoms with Crippen molar-refractivity contribution in [1.29, 1.82) is 0 Å². The Morgan fingerprint density at radius 2 is 1.92 bits per heavy atom. The van der Waals surface area contributed by atoms with E-state index in [0.717, 1.165) is 49.7 Å². The van der Waals surface area contributed by atoms with Crippen LogP contribution in [0.4, 0.5) is 5.00 Å². The Kier molecular flexibility index (Phi) is 5.53. The molecule has 3 N–H and O–H groups in total. The van der Waals surface area contributed by atoms with Crippen molar-refractivity contribution in [2.45, 2.75) is 51.4 Å². The number of carbonyl (C=O) groups excluding carboxylic acids is 2. The fourth-order valence-corrected chi connectivity index (χ4v) is 4.83. The van der Waals surface area contributed by atoms with Gasteiger partial charge in [-0.15, -0.1) is 11.3 Å². The van der Waals surface area contributed by atoms with Gasteiger partial charge in [0.1, 0.15) is 5.00 Å². The standard InChI is InChI=1S/C20H24N2O2S/c1-2-8-14(13-9-4-3-5-10-13)19(24)22-20-17(18(21)23)15-11-6-7-12-16(15)25-20/h3-5,9-10,14H,2,6-8,11-12H2,1H3,(H2,21,23)(H,22,24)/t14-/m0/s1. The number of primary amides is 1. The number of fused-ring (bicyclic) bond motifs is 1. The van der Waals surface area contributed by atoms with E-state index in [0.29, 0.717) is 10.6 Å². The fourth-order valence-electron chi connectivity index (χ4n) is 3.54. The SMILES string of the molecule is CCC[C@H](C(=O)Nc1sc2c(c1C(N)=O)CCCC2)c1ccccc1. The summed E-state index contributed by atoms with van der Waals surface area (Å²) < 4.78 is 0. The number of thiophene rings is 1. The molecule has 1 aliphatic carbocycles. The van der Waals surface area contributed by atoms with Crippen molar-refractivity contribution in [2.24, 2.45) is 5.73 Å². The molecule has 0 saturated heterocycles. The zero-order valence-corrected chi connectivity index (χ0v) is 15.3. The van der Waals surface area contributed by atoms with Crippen LogP contribution in [0.1, 0.15) is 64.9 Å². The second kappa shape index (κ2) is 7.83. The zero-order valence-electron chi connectivity index (χ0n) is 14.5. The quantitative estimate of drug-likeness (QED) is 0.812. The predicted octanol–water partition coefficient (Wildman–Crippen LogP) is 4.25. The Morgan fingerprint density at radius 3 is 2.60 bits per heavy atom. The predicted molar refractivity (Wildman–Crippen MR) is 102 cm³/mol. The summed E-state index contributed by atoms with van der Waals surface area (Å²) in [6.07, 6.45) is 5.72. The molecule has 0 saturated carbocycles. The van der Waals surface area contributed by atoms with Gasteiger partial charge in [-0.2, -0.15) is 0 Å². The summed E-state index contributed by atoms with van der Waals surface area (Å²) in [5, 5.41) is 3.64. The molecule has 0 spiro atoms. The molecular formula is C20H24N2O2S. The van der Waals surface area contributed by atoms with Crippen molar-refractivity contribution in [2.75, 3.05) is 5.32 Å². The molecule has 1 heterocycles. The maximum absolute atomic E-state index is 12.9. The van der Waals surface area contributed by atoms with Crippen LogP contribution in [-0.2, 0) is 17.6 Å². The van der Waals surface area contributed by atoms with Crippen LogP contribution in [0, 0.1) is 0 Å². The summed E-state index contributed by atoms with van der Waals surface area (Å²) in [4.78, 5) is 26.1. The van der Waals surface area contributed by atoms with E-state index in [-0.39, 0.29) is 11.8 Å². The molecule has 3 rings (SSSR count). The summed E-state index contributed by atoms with van der Waals surface area (Å²) in [5.41, 5.74) is 8.20. The first-order chi connectivity index (χ1) is 12.1. The van der Waals surface area contributed by atoms with E-state index in [1.165, 1.54) is 16.2 Å². The van der Waals surface area contributed by atoms with E-state index >= 15 is 0 Å². The third-order valence-electron chi connectivity index (χ3n) is 4.75. The van der Waals surface area contributed by atoms with Crippen LogP contribution in [0.25, 0.3) is 0 Å². The number of anilines is 1. The third-order valence-corrected chi connectivity index (χ3v) is 5.96. The molecule has 0 unspecified atom stereocenters. The summed E-state index contributed by atoms with van der Waals surface area (Å²) in [5.74, 6) is -0.721. The average molecular weight is 356 g/mol. The smallest absolute Gasteiger partial charge is 0.251 e. The molecule has 132 valence electrons. The number of nitrogens with one attached hydrogen (secondary N) is 1. The van der Waals surface area contributed by atoms with Gasteiger partial charge in [-0.3, -0.25) is 9.59 Å². The second-order valence-corrected chi connectivity index (χ2v) is 7.63. The van der Waals surface area contributed by atoms with Gasteiger partial charge in [0.05, 0.1) is 11.5 Å². The van der Waals surface area contributed by atoms with Gasteiger partial charge in [0.2, 0.25) is 5.91 Å². The van der Waals surface area contributed by atoms with E-state index in [1.54, 1.807) is 0 Å². The second-order valence-electron chi connectivity index (χ2n) is 6.52. The highest BCUT2D eigenvalue weighted by Gasteiger charge is 2.27. The lowest BCUT2D eigenvalue weighted by Crippen LogP contribution is -2.23. The van der Waals surface area contributed by atoms with Gasteiger partial charge in [-0.1, -0.05) is 43.7 Å². The number of hydrogen-bond donors (Lipinski definition) is 2. The minimum absolute atomic E-state index is 0.0610. The molecular weight excluding hydrogens is 332 g/mol. The molecule has 0 radical (unpaired) electrons. The maximum atomic E-state index is 12.9. The van der Waals surface area contributed by atoms with Crippen molar-refractivity contribution in [3.63, 3.8) is 0 Å². The van der Waals surface area contributed by atoms with Crippen molar-refractivity contribution < 1.29 is 9.59 Å². The number of aryl methyl sites for hydroxylation is 1. The van der Waals surface area contributed by atoms with Crippen molar-refractivity contribution in [3.05, 3.63) is 51.9 Å². The zero-order chi connectivity index (χ0) is 17.8. The Labute approximate surface area is 152 Å². The van der Waals surface area contributed by atoms with Crippen LogP contribution in [0.3, 0.4) is 0 Å². The average Bonchev–Trinajstić information content (AvgIpc) is 2.98. The lowest BCUT2D eigenvalue weighted by molar-refractivity contribution is -0.117. The molecule has 1 aliphatic rings. The molecule has 0 bridgehead atoms. The molecule has 5 heteroatoms. The summed E-state index contributed by atoms with van der Waals surface area (Å²) >= 11 is 1.52. The fraction of sp³-hybridized carbons (Fsp3) is 0.400. The minimum atomic E-state index is -0.443. The monoisotopic (exact) mass is 356 g/mol. The number of amides is 2. The lowest BCUT2D eigenvalue weighted by atomic mass is 9.93. The Morgan fingerprint density at radius 1 is 1.20 bits per heavy atom. The summed E-state index contributed by atoms with van der Waals surface area (Å²) in [6.45, 7) is 2.07. The summed E-state index contributed by atoms with van der Waals surface area (Å²) in [7, 11) is 0. The molecule has 1 aromatic carbocycles. The lowest BCUT2D eigenvalue weighted by Gasteiger charge is -2.16. The van der Waals surface area contributed by atoms with Crippen molar-refractivity contribution in [3.8, 4) is 0 Å². The van der Waals surface area contributed by atoms with E-state index < -0.39 is 5.91 Å². The van der Waals surface area contributed by atoms with Crippen LogP contribution in [0.5, 0.6) is 0 Å². The normalized spacial score (nSPS) is 14.6. The maximum Gasteiger partial charge on any atom is 0.251 e. The molecule has 1 aromatic heterocycles. The van der Waals surface area contributed by atoms with Gasteiger partial charge in [0.25, 0.3) is 5.91 Å². The third kappa shape index (κ3) is 3.76. The number of rotatable bonds is 6. The highest BCUT2D eigenvalue weighted by atomic mass is 32.1. The van der Waals surface area contributed by atoms with Gasteiger partial charge in [-0.25, -0.2) is 0 Å². The topological polar surface area (TPSA) is 72.2 Å². The number of nitrogens with two attached hydrogens (primary N) is 1. The first-order valence-corrected chi connectivity index (χ1v) is 9.73. The minimum Gasteiger partial charge on any atom is -0.365 e. The summed E-state index contributed by atoms with van der Waals surface area (Å²) in [6, 6.07) is 9.81. The van der Waals surface area contributed by atoms with Crippen LogP contribution in [0.2, 0.25) is 0 Å². The van der Waals surface area contributed by atoms with Gasteiger partial charge in [0.15, 0.2) is 0 Å². The Bertz CT molecular complexity index is 768. The van der Waals surface area contributed by atoms with Crippen LogP contribution >= 0.6 is 11.3 Å². The van der Waals surface area contributed by atoms with E-state index in [9.17, 15) is 9.59 Å². The van der Waals surface area contributed by atoms with Crippen LogP contribution in [0.15, 0.2) is 30.3 Å². The molecule has 1 atom stereocenters. The largest absolute Gasteiger partial charge is 0.365 e. The highest BCUT2D eigenvalue weighted by Crippen LogP contribution is 2.38. The van der Waals surface area contributed by atoms with Crippen molar-refractivity contribution >= 4 is 28.2 Å². The number of hydrogen-bond acceptors (Lipinski definition) is 3. The molecule has 2 amide bonds. The van der Waals surface area contributed by atoms with E-state index in [1.807, 2.05) is 30.3 Å². The van der Waals surface area contributed by atoms with Crippen LogP contribution in [-0.4, -0.2) is 11.8 Å². The number of benzene rings is 1. The molecule has 4 nitrogen and oxygen atoms in total. The number of carbonyl (C=O) groups is 2. The Hall–Kier alpha value is -2.14. The van der Waals surface area contributed by atoms with Crippen LogP contribution < -0.4 is 11.1 Å². The van der Waals surface area contributed by atoms with E-state index in [4.69, 9.17) is 5.73 Å². The van der Waals surface area contributed by atoms with Gasteiger partial charge in [0, 0.05) is 4.88 Å². The Balaban J connectivity index is 1.89. The first kappa shape index (κ1) is 17.7.